The fraction of sp³-hybridized carbons (Fsp3) is 0.500. The SMILES string of the molecule is C=C(C)CCCCC(CCC)c1ccccc1C(=C)C. The van der Waals surface area contributed by atoms with Crippen molar-refractivity contribution < 1.29 is 0 Å². The highest BCUT2D eigenvalue weighted by Crippen LogP contribution is 2.32. The van der Waals surface area contributed by atoms with Gasteiger partial charge in [-0.15, -0.1) is 6.58 Å². The van der Waals surface area contributed by atoms with Gasteiger partial charge in [-0.25, -0.2) is 0 Å². The van der Waals surface area contributed by atoms with Crippen LogP contribution in [0.5, 0.6) is 0 Å². The summed E-state index contributed by atoms with van der Waals surface area (Å²) in [6, 6.07) is 8.80. The summed E-state index contributed by atoms with van der Waals surface area (Å²) in [6.45, 7) is 14.6. The second-order valence-electron chi connectivity index (χ2n) is 6.06. The van der Waals surface area contributed by atoms with E-state index in [4.69, 9.17) is 0 Å². The molecule has 110 valence electrons. The third kappa shape index (κ3) is 5.36. The number of allylic oxidation sites excluding steroid dienone is 2. The first kappa shape index (κ1) is 16.8. The highest BCUT2D eigenvalue weighted by molar-refractivity contribution is 5.65. The molecule has 0 fully saturated rings. The van der Waals surface area contributed by atoms with Gasteiger partial charge in [0.1, 0.15) is 0 Å². The number of unbranched alkanes of at least 4 members (excludes halogenated alkanes) is 1. The Hall–Kier alpha value is -1.30. The molecule has 0 saturated heterocycles. The molecular formula is C20H30. The lowest BCUT2D eigenvalue weighted by Crippen LogP contribution is -2.02. The minimum atomic E-state index is 0.679. The molecule has 0 nitrogen and oxygen atoms in total. The Morgan fingerprint density at radius 2 is 1.75 bits per heavy atom. The maximum atomic E-state index is 4.14. The van der Waals surface area contributed by atoms with E-state index in [1.807, 2.05) is 0 Å². The van der Waals surface area contributed by atoms with E-state index in [1.54, 1.807) is 0 Å². The summed E-state index contributed by atoms with van der Waals surface area (Å²) >= 11 is 0. The van der Waals surface area contributed by atoms with Crippen LogP contribution in [0.25, 0.3) is 5.57 Å². The average molecular weight is 270 g/mol. The predicted octanol–water partition coefficient (Wildman–Crippen LogP) is 6.74. The first-order chi connectivity index (χ1) is 9.56. The zero-order valence-corrected chi connectivity index (χ0v) is 13.5. The molecule has 1 unspecified atom stereocenters. The molecule has 0 radical (unpaired) electrons. The Labute approximate surface area is 125 Å². The molecular weight excluding hydrogens is 240 g/mol. The van der Waals surface area contributed by atoms with Crippen molar-refractivity contribution in [3.05, 3.63) is 54.1 Å². The Bertz CT molecular complexity index is 439. The fourth-order valence-corrected chi connectivity index (χ4v) is 2.86. The van der Waals surface area contributed by atoms with E-state index in [-0.39, 0.29) is 0 Å². The monoisotopic (exact) mass is 270 g/mol. The molecule has 1 rings (SSSR count). The summed E-state index contributed by atoms with van der Waals surface area (Å²) in [5.74, 6) is 0.679. The summed E-state index contributed by atoms with van der Waals surface area (Å²) in [6.07, 6.45) is 7.53. The van der Waals surface area contributed by atoms with Gasteiger partial charge in [0.05, 0.1) is 0 Å². The first-order valence-electron chi connectivity index (χ1n) is 7.95. The first-order valence-corrected chi connectivity index (χ1v) is 7.95. The average Bonchev–Trinajstić information content (AvgIpc) is 2.42. The summed E-state index contributed by atoms with van der Waals surface area (Å²) in [4.78, 5) is 0. The fourth-order valence-electron chi connectivity index (χ4n) is 2.86. The van der Waals surface area contributed by atoms with Crippen molar-refractivity contribution in [3.63, 3.8) is 0 Å². The Morgan fingerprint density at radius 1 is 1.05 bits per heavy atom. The summed E-state index contributed by atoms with van der Waals surface area (Å²) in [5.41, 5.74) is 5.34. The van der Waals surface area contributed by atoms with Gasteiger partial charge in [0.15, 0.2) is 0 Å². The van der Waals surface area contributed by atoms with Gasteiger partial charge in [-0.3, -0.25) is 0 Å². The molecule has 0 aromatic heterocycles. The third-order valence-corrected chi connectivity index (χ3v) is 3.90. The molecule has 0 aliphatic rings. The molecule has 1 atom stereocenters. The second kappa shape index (κ2) is 8.79. The van der Waals surface area contributed by atoms with Crippen LogP contribution in [0.3, 0.4) is 0 Å². The molecule has 0 heterocycles. The maximum absolute atomic E-state index is 4.14. The van der Waals surface area contributed by atoms with Crippen LogP contribution in [0.15, 0.2) is 43.0 Å². The van der Waals surface area contributed by atoms with E-state index in [0.29, 0.717) is 5.92 Å². The smallest absolute Gasteiger partial charge is 0.0156 e. The van der Waals surface area contributed by atoms with Crippen molar-refractivity contribution in [1.29, 1.82) is 0 Å². The van der Waals surface area contributed by atoms with Gasteiger partial charge in [-0.2, -0.15) is 0 Å². The second-order valence-corrected chi connectivity index (χ2v) is 6.06. The van der Waals surface area contributed by atoms with Gasteiger partial charge < -0.3 is 0 Å². The molecule has 0 aliphatic carbocycles. The predicted molar refractivity (Wildman–Crippen MR) is 92.1 cm³/mol. The van der Waals surface area contributed by atoms with Crippen molar-refractivity contribution in [2.75, 3.05) is 0 Å². The lowest BCUT2D eigenvalue weighted by Gasteiger charge is -2.20. The van der Waals surface area contributed by atoms with Crippen LogP contribution >= 0.6 is 0 Å². The van der Waals surface area contributed by atoms with Crippen LogP contribution in [0.1, 0.15) is 76.3 Å². The van der Waals surface area contributed by atoms with Crippen LogP contribution in [0, 0.1) is 0 Å². The van der Waals surface area contributed by atoms with Gasteiger partial charge in [-0.1, -0.05) is 61.8 Å². The highest BCUT2D eigenvalue weighted by Gasteiger charge is 2.14. The van der Waals surface area contributed by atoms with Crippen molar-refractivity contribution in [1.82, 2.24) is 0 Å². The van der Waals surface area contributed by atoms with Crippen molar-refractivity contribution in [2.45, 2.75) is 65.2 Å². The van der Waals surface area contributed by atoms with Gasteiger partial charge >= 0.3 is 0 Å². The van der Waals surface area contributed by atoms with Gasteiger partial charge in [-0.05, 0) is 56.6 Å². The summed E-state index contributed by atoms with van der Waals surface area (Å²) < 4.78 is 0. The number of hydrogen-bond acceptors (Lipinski definition) is 0. The topological polar surface area (TPSA) is 0 Å². The van der Waals surface area contributed by atoms with Crippen LogP contribution in [0.4, 0.5) is 0 Å². The molecule has 0 amide bonds. The van der Waals surface area contributed by atoms with E-state index in [0.717, 1.165) is 0 Å². The lowest BCUT2D eigenvalue weighted by atomic mass is 9.85. The molecule has 0 aliphatic heterocycles. The molecule has 20 heavy (non-hydrogen) atoms. The van der Waals surface area contributed by atoms with Crippen molar-refractivity contribution in [2.24, 2.45) is 0 Å². The number of rotatable bonds is 9. The Kier molecular flexibility index (Phi) is 7.36. The van der Waals surface area contributed by atoms with E-state index < -0.39 is 0 Å². The number of hydrogen-bond donors (Lipinski definition) is 0. The molecule has 0 saturated carbocycles. The highest BCUT2D eigenvalue weighted by atomic mass is 14.2. The van der Waals surface area contributed by atoms with Crippen molar-refractivity contribution >= 4 is 5.57 Å². The zero-order valence-electron chi connectivity index (χ0n) is 13.5. The van der Waals surface area contributed by atoms with Crippen LogP contribution in [-0.4, -0.2) is 0 Å². The molecule has 0 spiro atoms. The number of benzene rings is 1. The molecule has 0 N–H and O–H groups in total. The third-order valence-electron chi connectivity index (χ3n) is 3.90. The van der Waals surface area contributed by atoms with Crippen LogP contribution in [-0.2, 0) is 0 Å². The zero-order chi connectivity index (χ0) is 15.0. The largest absolute Gasteiger partial charge is 0.100 e. The lowest BCUT2D eigenvalue weighted by molar-refractivity contribution is 0.531. The van der Waals surface area contributed by atoms with E-state index in [1.165, 1.54) is 60.8 Å². The molecule has 1 aromatic carbocycles. The Morgan fingerprint density at radius 3 is 2.35 bits per heavy atom. The molecule has 0 bridgehead atoms. The molecule has 1 aromatic rings. The van der Waals surface area contributed by atoms with Gasteiger partial charge in [0.25, 0.3) is 0 Å². The minimum absolute atomic E-state index is 0.679. The van der Waals surface area contributed by atoms with Crippen molar-refractivity contribution in [3.8, 4) is 0 Å². The van der Waals surface area contributed by atoms with Gasteiger partial charge in [0.2, 0.25) is 0 Å². The van der Waals surface area contributed by atoms with E-state index >= 15 is 0 Å². The van der Waals surface area contributed by atoms with E-state index in [9.17, 15) is 0 Å². The van der Waals surface area contributed by atoms with E-state index in [2.05, 4.69) is 58.2 Å². The normalized spacial score (nSPS) is 12.2. The standard InChI is InChI=1S/C20H30/c1-6-11-18(13-8-7-12-16(2)3)20-15-10-9-14-19(20)17(4)5/h9-10,14-15,18H,2,4,6-8,11-13H2,1,3,5H3. The molecule has 0 heteroatoms. The maximum Gasteiger partial charge on any atom is -0.0156 e. The minimum Gasteiger partial charge on any atom is -0.100 e. The quantitative estimate of drug-likeness (QED) is 0.344. The van der Waals surface area contributed by atoms with Gasteiger partial charge in [0, 0.05) is 0 Å². The summed E-state index contributed by atoms with van der Waals surface area (Å²) in [7, 11) is 0. The van der Waals surface area contributed by atoms with Crippen LogP contribution in [0.2, 0.25) is 0 Å². The summed E-state index contributed by atoms with van der Waals surface area (Å²) in [5, 5.41) is 0. The van der Waals surface area contributed by atoms with Crippen LogP contribution < -0.4 is 0 Å². The Balaban J connectivity index is 2.75.